The average molecular weight is 463 g/mol. The van der Waals surface area contributed by atoms with Gasteiger partial charge < -0.3 is 29.9 Å². The van der Waals surface area contributed by atoms with E-state index in [1.165, 1.54) is 6.07 Å². The van der Waals surface area contributed by atoms with Gasteiger partial charge in [-0.15, -0.1) is 10.2 Å². The molecule has 0 unspecified atom stereocenters. The lowest BCUT2D eigenvalue weighted by molar-refractivity contribution is 0.0522. The molecule has 3 heterocycles. The van der Waals surface area contributed by atoms with Crippen LogP contribution in [-0.4, -0.2) is 102 Å². The van der Waals surface area contributed by atoms with E-state index in [4.69, 9.17) is 9.84 Å². The van der Waals surface area contributed by atoms with Crippen LogP contribution in [0.3, 0.4) is 0 Å². The summed E-state index contributed by atoms with van der Waals surface area (Å²) in [4.78, 5) is 29.9. The first-order valence-corrected chi connectivity index (χ1v) is 11.9. The fourth-order valence-electron chi connectivity index (χ4n) is 4.32. The molecule has 0 bridgehead atoms. The van der Waals surface area contributed by atoms with E-state index in [1.807, 2.05) is 20.8 Å². The summed E-state index contributed by atoms with van der Waals surface area (Å²) in [5.41, 5.74) is -0.481. The number of carbonyl (C=O) groups excluding carboxylic acids is 1. The molecule has 2 saturated heterocycles. The molecule has 10 nitrogen and oxygen atoms in total. The Morgan fingerprint density at radius 3 is 2.30 bits per heavy atom. The van der Waals surface area contributed by atoms with E-state index in [9.17, 15) is 9.59 Å². The number of nitrogens with one attached hydrogen (secondary N) is 1. The van der Waals surface area contributed by atoms with Crippen LogP contribution in [0.25, 0.3) is 0 Å². The predicted molar refractivity (Wildman–Crippen MR) is 126 cm³/mol. The van der Waals surface area contributed by atoms with Crippen LogP contribution in [0.2, 0.25) is 0 Å². The first-order valence-electron chi connectivity index (χ1n) is 11.9. The van der Waals surface area contributed by atoms with Crippen molar-refractivity contribution >= 4 is 17.9 Å². The maximum Gasteiger partial charge on any atom is 0.407 e. The number of alkyl carbamates (subject to hydrolysis) is 1. The van der Waals surface area contributed by atoms with Crippen LogP contribution in [0.4, 0.5) is 10.6 Å². The van der Waals surface area contributed by atoms with Crippen molar-refractivity contribution in [2.75, 3.05) is 63.8 Å². The molecule has 0 saturated carbocycles. The van der Waals surface area contributed by atoms with Crippen molar-refractivity contribution in [1.82, 2.24) is 25.3 Å². The lowest BCUT2D eigenvalue weighted by Crippen LogP contribution is -2.49. The van der Waals surface area contributed by atoms with Gasteiger partial charge >= 0.3 is 12.1 Å². The van der Waals surface area contributed by atoms with Gasteiger partial charge in [0, 0.05) is 52.4 Å². The van der Waals surface area contributed by atoms with Crippen LogP contribution in [0.5, 0.6) is 0 Å². The van der Waals surface area contributed by atoms with Crippen molar-refractivity contribution in [2.45, 2.75) is 45.6 Å². The number of hydrogen-bond acceptors (Lipinski definition) is 8. The Balaban J connectivity index is 1.28. The van der Waals surface area contributed by atoms with Gasteiger partial charge in [-0.25, -0.2) is 9.59 Å². The van der Waals surface area contributed by atoms with Crippen LogP contribution in [-0.2, 0) is 4.74 Å². The average Bonchev–Trinajstić information content (AvgIpc) is 2.77. The number of ether oxygens (including phenoxy) is 1. The van der Waals surface area contributed by atoms with Crippen LogP contribution in [0, 0.1) is 5.92 Å². The molecule has 2 aliphatic heterocycles. The molecule has 2 fully saturated rings. The van der Waals surface area contributed by atoms with E-state index in [-0.39, 0.29) is 11.8 Å². The molecule has 0 aliphatic carbocycles. The summed E-state index contributed by atoms with van der Waals surface area (Å²) in [5.74, 6) is 0.385. The third kappa shape index (κ3) is 8.43. The maximum absolute atomic E-state index is 11.7. The maximum atomic E-state index is 11.7. The molecule has 1 amide bonds. The highest BCUT2D eigenvalue weighted by Gasteiger charge is 2.25. The number of carbonyl (C=O) groups is 2. The molecule has 1 aromatic rings. The Kier molecular flexibility index (Phi) is 8.85. The van der Waals surface area contributed by atoms with Gasteiger partial charge in [0.25, 0.3) is 0 Å². The molecule has 0 radical (unpaired) electrons. The Labute approximate surface area is 196 Å². The van der Waals surface area contributed by atoms with Gasteiger partial charge in [-0.05, 0) is 64.6 Å². The molecule has 10 heteroatoms. The molecule has 33 heavy (non-hydrogen) atoms. The molecule has 0 aromatic carbocycles. The van der Waals surface area contributed by atoms with Crippen molar-refractivity contribution in [3.05, 3.63) is 17.8 Å². The van der Waals surface area contributed by atoms with E-state index in [0.29, 0.717) is 12.5 Å². The van der Waals surface area contributed by atoms with E-state index in [0.717, 1.165) is 77.4 Å². The molecular weight excluding hydrogens is 424 g/mol. The number of aromatic carboxylic acids is 1. The zero-order valence-electron chi connectivity index (χ0n) is 20.1. The minimum Gasteiger partial charge on any atom is -0.476 e. The summed E-state index contributed by atoms with van der Waals surface area (Å²) >= 11 is 0. The fraction of sp³-hybridized carbons (Fsp3) is 0.739. The first kappa shape index (κ1) is 25.2. The lowest BCUT2D eigenvalue weighted by atomic mass is 9.96. The lowest BCUT2D eigenvalue weighted by Gasteiger charge is -2.39. The van der Waals surface area contributed by atoms with Crippen LogP contribution in [0.1, 0.15) is 50.5 Å². The van der Waals surface area contributed by atoms with Gasteiger partial charge in [0.1, 0.15) is 5.60 Å². The second-order valence-corrected chi connectivity index (χ2v) is 9.94. The largest absolute Gasteiger partial charge is 0.476 e. The van der Waals surface area contributed by atoms with Crippen molar-refractivity contribution in [3.63, 3.8) is 0 Å². The van der Waals surface area contributed by atoms with E-state index in [2.05, 4.69) is 30.2 Å². The van der Waals surface area contributed by atoms with Crippen molar-refractivity contribution < 1.29 is 19.4 Å². The smallest absolute Gasteiger partial charge is 0.407 e. The van der Waals surface area contributed by atoms with Crippen LogP contribution < -0.4 is 10.2 Å². The minimum absolute atomic E-state index is 0.0212. The Morgan fingerprint density at radius 2 is 1.73 bits per heavy atom. The summed E-state index contributed by atoms with van der Waals surface area (Å²) in [7, 11) is 0. The number of anilines is 1. The molecule has 2 N–H and O–H groups in total. The summed E-state index contributed by atoms with van der Waals surface area (Å²) in [6.45, 7) is 14.5. The summed E-state index contributed by atoms with van der Waals surface area (Å²) in [5, 5.41) is 19.7. The molecule has 184 valence electrons. The molecule has 0 spiro atoms. The summed E-state index contributed by atoms with van der Waals surface area (Å²) in [6, 6.07) is 3.27. The van der Waals surface area contributed by atoms with Gasteiger partial charge in [0.2, 0.25) is 0 Å². The number of amides is 1. The SMILES string of the molecule is CC(C)(C)OC(=O)NCCCN1CCN(CC2CCN(c3ccc(C(=O)O)nn3)CC2)CC1. The highest BCUT2D eigenvalue weighted by Crippen LogP contribution is 2.23. The second-order valence-electron chi connectivity index (χ2n) is 9.94. The van der Waals surface area contributed by atoms with E-state index in [1.54, 1.807) is 6.07 Å². The van der Waals surface area contributed by atoms with E-state index >= 15 is 0 Å². The number of carboxylic acid groups (broad SMARTS) is 1. The normalized spacial score (nSPS) is 18.8. The number of aromatic nitrogens is 2. The van der Waals surface area contributed by atoms with Crippen molar-refractivity contribution in [2.24, 2.45) is 5.92 Å². The Hall–Kier alpha value is -2.46. The van der Waals surface area contributed by atoms with Gasteiger partial charge in [0.15, 0.2) is 11.5 Å². The topological polar surface area (TPSA) is 111 Å². The van der Waals surface area contributed by atoms with Gasteiger partial charge in [-0.2, -0.15) is 0 Å². The monoisotopic (exact) mass is 462 g/mol. The van der Waals surface area contributed by atoms with Gasteiger partial charge in [-0.1, -0.05) is 0 Å². The molecule has 0 atom stereocenters. The van der Waals surface area contributed by atoms with Crippen molar-refractivity contribution in [1.29, 1.82) is 0 Å². The number of nitrogens with zero attached hydrogens (tertiary/aromatic N) is 5. The molecule has 1 aromatic heterocycles. The number of piperidine rings is 1. The predicted octanol–water partition coefficient (Wildman–Crippen LogP) is 1.92. The summed E-state index contributed by atoms with van der Waals surface area (Å²) < 4.78 is 5.26. The minimum atomic E-state index is -1.05. The first-order chi connectivity index (χ1) is 15.7. The highest BCUT2D eigenvalue weighted by atomic mass is 16.6. The molecular formula is C23H38N6O4. The standard InChI is InChI=1S/C23H38N6O4/c1-23(2,3)33-22(32)24-9-4-10-27-13-15-28(16-14-27)17-18-7-11-29(12-8-18)20-6-5-19(21(30)31)25-26-20/h5-6,18H,4,7-17H2,1-3H3,(H,24,32)(H,30,31). The Morgan fingerprint density at radius 1 is 1.06 bits per heavy atom. The second kappa shape index (κ2) is 11.6. The number of carboxylic acids is 1. The van der Waals surface area contributed by atoms with Gasteiger partial charge in [-0.3, -0.25) is 0 Å². The number of piperazine rings is 1. The third-order valence-electron chi connectivity index (χ3n) is 6.11. The number of hydrogen-bond donors (Lipinski definition) is 2. The van der Waals surface area contributed by atoms with Crippen molar-refractivity contribution in [3.8, 4) is 0 Å². The van der Waals surface area contributed by atoms with Crippen LogP contribution >= 0.6 is 0 Å². The number of rotatable bonds is 8. The molecule has 2 aliphatic rings. The fourth-order valence-corrected chi connectivity index (χ4v) is 4.32. The summed E-state index contributed by atoms with van der Waals surface area (Å²) in [6.07, 6.45) is 2.80. The molecule has 3 rings (SSSR count). The van der Waals surface area contributed by atoms with E-state index < -0.39 is 11.6 Å². The zero-order valence-corrected chi connectivity index (χ0v) is 20.1. The van der Waals surface area contributed by atoms with Gasteiger partial charge in [0.05, 0.1) is 0 Å². The van der Waals surface area contributed by atoms with Crippen LogP contribution in [0.15, 0.2) is 12.1 Å². The highest BCUT2D eigenvalue weighted by molar-refractivity contribution is 5.85. The third-order valence-corrected chi connectivity index (χ3v) is 6.11. The Bertz CT molecular complexity index is 766. The zero-order chi connectivity index (χ0) is 23.8. The quantitative estimate of drug-likeness (QED) is 0.560.